The van der Waals surface area contributed by atoms with Gasteiger partial charge in [-0.05, 0) is 36.6 Å². The van der Waals surface area contributed by atoms with Gasteiger partial charge in [0.25, 0.3) is 0 Å². The van der Waals surface area contributed by atoms with Crippen molar-refractivity contribution in [2.45, 2.75) is 36.8 Å². The van der Waals surface area contributed by atoms with Gasteiger partial charge in [-0.25, -0.2) is 0 Å². The van der Waals surface area contributed by atoms with Crippen LogP contribution in [-0.2, 0) is 10.2 Å². The summed E-state index contributed by atoms with van der Waals surface area (Å²) < 4.78 is 0. The zero-order valence-corrected chi connectivity index (χ0v) is 14.2. The maximum atomic E-state index is 12.9. The van der Waals surface area contributed by atoms with Crippen molar-refractivity contribution in [3.63, 3.8) is 0 Å². The van der Waals surface area contributed by atoms with Gasteiger partial charge < -0.3 is 10.0 Å². The first kappa shape index (κ1) is 14.3. The molecule has 1 saturated carbocycles. The molecule has 1 spiro atoms. The Hall–Kier alpha value is -1.91. The summed E-state index contributed by atoms with van der Waals surface area (Å²) in [6.45, 7) is 2.16. The Labute approximate surface area is 147 Å². The molecule has 128 valence electrons. The first-order chi connectivity index (χ1) is 12.3. The number of benzene rings is 1. The molecule has 1 N–H and O–H groups in total. The third kappa shape index (κ3) is 1.50. The summed E-state index contributed by atoms with van der Waals surface area (Å²) in [5, 5.41) is 9.50. The molecule has 1 aromatic carbocycles. The second-order valence-corrected chi connectivity index (χ2v) is 8.12. The van der Waals surface area contributed by atoms with Crippen LogP contribution in [-0.4, -0.2) is 47.7 Å². The zero-order chi connectivity index (χ0) is 16.8. The predicted octanol–water partition coefficient (Wildman–Crippen LogP) is 2.00. The van der Waals surface area contributed by atoms with Crippen LogP contribution < -0.4 is 4.90 Å². The molecule has 25 heavy (non-hydrogen) atoms. The highest BCUT2D eigenvalue weighted by Gasteiger charge is 2.67. The van der Waals surface area contributed by atoms with Crippen LogP contribution in [0.15, 0.2) is 47.6 Å². The molecule has 4 heteroatoms. The maximum absolute atomic E-state index is 12.9. The van der Waals surface area contributed by atoms with Crippen LogP contribution in [0.5, 0.6) is 0 Å². The van der Waals surface area contributed by atoms with E-state index in [1.165, 1.54) is 16.7 Å². The molecule has 0 aromatic heterocycles. The fraction of sp³-hybridized carbons (Fsp3) is 0.476. The Morgan fingerprint density at radius 1 is 1.32 bits per heavy atom. The van der Waals surface area contributed by atoms with Gasteiger partial charge in [0.1, 0.15) is 0 Å². The molecule has 5 aliphatic rings. The molecule has 0 unspecified atom stereocenters. The van der Waals surface area contributed by atoms with Gasteiger partial charge in [-0.3, -0.25) is 9.69 Å². The molecular formula is C21H22N2O2. The smallest absolute Gasteiger partial charge is 0.231 e. The Bertz CT molecular complexity index is 857. The number of carbonyl (C=O) groups is 1. The van der Waals surface area contributed by atoms with E-state index in [4.69, 9.17) is 0 Å². The summed E-state index contributed by atoms with van der Waals surface area (Å²) in [4.78, 5) is 17.6. The van der Waals surface area contributed by atoms with E-state index >= 15 is 0 Å². The molecule has 6 rings (SSSR count). The number of carbonyl (C=O) groups excluding carboxylic acids is 1. The van der Waals surface area contributed by atoms with Gasteiger partial charge in [-0.1, -0.05) is 35.9 Å². The molecule has 2 bridgehead atoms. The summed E-state index contributed by atoms with van der Waals surface area (Å²) in [5.41, 5.74) is 5.39. The zero-order valence-electron chi connectivity index (χ0n) is 14.2. The van der Waals surface area contributed by atoms with E-state index in [9.17, 15) is 9.90 Å². The first-order valence-corrected chi connectivity index (χ1v) is 9.41. The summed E-state index contributed by atoms with van der Waals surface area (Å²) in [6.07, 6.45) is 6.99. The lowest BCUT2D eigenvalue weighted by molar-refractivity contribution is -0.118. The topological polar surface area (TPSA) is 43.8 Å². The van der Waals surface area contributed by atoms with Crippen molar-refractivity contribution in [3.8, 4) is 0 Å². The number of para-hydroxylation sites is 1. The number of rotatable bonds is 1. The van der Waals surface area contributed by atoms with E-state index in [-0.39, 0.29) is 24.0 Å². The van der Waals surface area contributed by atoms with Gasteiger partial charge >= 0.3 is 0 Å². The average Bonchev–Trinajstić information content (AvgIpc) is 3.17. The second kappa shape index (κ2) is 4.63. The third-order valence-electron chi connectivity index (χ3n) is 7.40. The molecule has 4 heterocycles. The van der Waals surface area contributed by atoms with Crippen molar-refractivity contribution in [3.05, 3.63) is 53.1 Å². The lowest BCUT2D eigenvalue weighted by Crippen LogP contribution is -2.62. The number of anilines is 1. The highest BCUT2D eigenvalue weighted by atomic mass is 16.2. The lowest BCUT2D eigenvalue weighted by Gasteiger charge is -2.54. The molecular weight excluding hydrogens is 312 g/mol. The number of fused-ring (bicyclic) bond motifs is 4. The molecule has 0 radical (unpaired) electrons. The highest BCUT2D eigenvalue weighted by Crippen LogP contribution is 2.63. The fourth-order valence-electron chi connectivity index (χ4n) is 6.62. The van der Waals surface area contributed by atoms with Crippen LogP contribution >= 0.6 is 0 Å². The van der Waals surface area contributed by atoms with Crippen molar-refractivity contribution in [2.75, 3.05) is 24.6 Å². The third-order valence-corrected chi connectivity index (χ3v) is 7.40. The van der Waals surface area contributed by atoms with Gasteiger partial charge in [0.2, 0.25) is 5.91 Å². The Morgan fingerprint density at radius 3 is 3.08 bits per heavy atom. The fourth-order valence-corrected chi connectivity index (χ4v) is 6.62. The molecule has 4 nitrogen and oxygen atoms in total. The van der Waals surface area contributed by atoms with E-state index < -0.39 is 0 Å². The largest absolute Gasteiger partial charge is 0.392 e. The molecule has 4 aliphatic heterocycles. The predicted molar refractivity (Wildman–Crippen MR) is 95.3 cm³/mol. The normalized spacial score (nSPS) is 39.5. The first-order valence-electron chi connectivity index (χ1n) is 9.41. The number of hydrogen-bond acceptors (Lipinski definition) is 3. The van der Waals surface area contributed by atoms with Gasteiger partial charge in [0, 0.05) is 36.0 Å². The standard InChI is InChI=1S/C21H22N2O2/c24-10-7-13-12-22-9-8-21-16-3-1-2-4-17(16)23-19(25)6-5-14(20(21)23)15(13)11-18(21)22/h1-5,7,15,18,20,24H,6,8-12H2/b13-7-/t15-,18+,20+,21-/m0/s1. The number of hydrogen-bond donors (Lipinski definition) is 1. The van der Waals surface area contributed by atoms with Gasteiger partial charge in [0.15, 0.2) is 0 Å². The van der Waals surface area contributed by atoms with E-state index in [0.717, 1.165) is 31.6 Å². The van der Waals surface area contributed by atoms with Crippen molar-refractivity contribution in [2.24, 2.45) is 5.92 Å². The summed E-state index contributed by atoms with van der Waals surface area (Å²) in [5.74, 6) is 0.638. The van der Waals surface area contributed by atoms with Crippen molar-refractivity contribution in [1.29, 1.82) is 0 Å². The van der Waals surface area contributed by atoms with Crippen LogP contribution in [0, 0.1) is 5.92 Å². The van der Waals surface area contributed by atoms with Crippen LogP contribution in [0.3, 0.4) is 0 Å². The number of aliphatic hydroxyl groups is 1. The van der Waals surface area contributed by atoms with Crippen molar-refractivity contribution < 1.29 is 9.90 Å². The number of piperidine rings is 1. The van der Waals surface area contributed by atoms with Crippen LogP contribution in [0.1, 0.15) is 24.8 Å². The minimum absolute atomic E-state index is 0.0692. The van der Waals surface area contributed by atoms with E-state index in [1.54, 1.807) is 0 Å². The highest BCUT2D eigenvalue weighted by molar-refractivity contribution is 6.00. The molecule has 2 saturated heterocycles. The molecule has 1 aliphatic carbocycles. The summed E-state index contributed by atoms with van der Waals surface area (Å²) in [7, 11) is 0. The molecule has 1 amide bonds. The summed E-state index contributed by atoms with van der Waals surface area (Å²) in [6, 6.07) is 9.29. The average molecular weight is 334 g/mol. The molecule has 4 atom stereocenters. The quantitative estimate of drug-likeness (QED) is 0.799. The number of aliphatic hydroxyl groups excluding tert-OH is 1. The SMILES string of the molecule is O=C1CC=C2[C@H]3C[C@H]4N(CC[C@]45c4ccccc4N1[C@H]25)C/C3=C/CO. The van der Waals surface area contributed by atoms with E-state index in [0.29, 0.717) is 18.4 Å². The van der Waals surface area contributed by atoms with Crippen LogP contribution in [0.4, 0.5) is 5.69 Å². The van der Waals surface area contributed by atoms with Gasteiger partial charge in [0.05, 0.1) is 12.6 Å². The minimum atomic E-state index is 0.0692. The van der Waals surface area contributed by atoms with E-state index in [2.05, 4.69) is 40.1 Å². The Kier molecular flexibility index (Phi) is 2.64. The molecule has 3 fully saturated rings. The minimum Gasteiger partial charge on any atom is -0.392 e. The monoisotopic (exact) mass is 334 g/mol. The number of nitrogens with zero attached hydrogens (tertiary/aromatic N) is 2. The van der Waals surface area contributed by atoms with Crippen molar-refractivity contribution in [1.82, 2.24) is 4.90 Å². The van der Waals surface area contributed by atoms with Crippen molar-refractivity contribution >= 4 is 11.6 Å². The molecule has 1 aromatic rings. The van der Waals surface area contributed by atoms with Crippen LogP contribution in [0.2, 0.25) is 0 Å². The Balaban J connectivity index is 1.64. The van der Waals surface area contributed by atoms with Gasteiger partial charge in [-0.2, -0.15) is 0 Å². The van der Waals surface area contributed by atoms with Crippen LogP contribution in [0.25, 0.3) is 0 Å². The van der Waals surface area contributed by atoms with Gasteiger partial charge in [-0.15, -0.1) is 0 Å². The second-order valence-electron chi connectivity index (χ2n) is 8.12. The maximum Gasteiger partial charge on any atom is 0.231 e. The lowest BCUT2D eigenvalue weighted by atomic mass is 9.57. The summed E-state index contributed by atoms with van der Waals surface area (Å²) >= 11 is 0. The number of amides is 1. The van der Waals surface area contributed by atoms with E-state index in [1.807, 2.05) is 6.08 Å². The Morgan fingerprint density at radius 2 is 2.20 bits per heavy atom.